The van der Waals surface area contributed by atoms with Gasteiger partial charge in [0, 0.05) is 4.88 Å². The summed E-state index contributed by atoms with van der Waals surface area (Å²) in [4.78, 5) is 0.657. The maximum Gasteiger partial charge on any atom is 0.194 e. The molecule has 0 radical (unpaired) electrons. The molecule has 18 heavy (non-hydrogen) atoms. The Morgan fingerprint density at radius 2 is 1.67 bits per heavy atom. The fourth-order valence-electron chi connectivity index (χ4n) is 1.49. The number of alkyl halides is 1. The van der Waals surface area contributed by atoms with E-state index in [1.54, 1.807) is 13.0 Å². The summed E-state index contributed by atoms with van der Waals surface area (Å²) in [7, 11) is 0. The van der Waals surface area contributed by atoms with Crippen LogP contribution in [-0.2, 0) is 0 Å². The van der Waals surface area contributed by atoms with Gasteiger partial charge < -0.3 is 0 Å². The van der Waals surface area contributed by atoms with Gasteiger partial charge in [-0.05, 0) is 36.2 Å². The molecule has 0 saturated carbocycles. The van der Waals surface area contributed by atoms with Crippen molar-refractivity contribution in [3.05, 3.63) is 56.0 Å². The van der Waals surface area contributed by atoms with E-state index in [9.17, 15) is 13.2 Å². The van der Waals surface area contributed by atoms with Crippen molar-refractivity contribution >= 4 is 34.5 Å². The maximum absolute atomic E-state index is 13.1. The first-order valence-electron chi connectivity index (χ1n) is 4.94. The number of rotatable bonds is 2. The van der Waals surface area contributed by atoms with Gasteiger partial charge >= 0.3 is 0 Å². The maximum atomic E-state index is 13.1. The molecule has 0 bridgehead atoms. The van der Waals surface area contributed by atoms with Crippen LogP contribution in [0.4, 0.5) is 13.2 Å². The lowest BCUT2D eigenvalue weighted by molar-refractivity contribution is 0.445. The van der Waals surface area contributed by atoms with Crippen molar-refractivity contribution in [2.24, 2.45) is 0 Å². The number of hydrogen-bond acceptors (Lipinski definition) is 1. The molecule has 1 unspecified atom stereocenters. The Morgan fingerprint density at radius 1 is 1.11 bits per heavy atom. The second-order valence-electron chi connectivity index (χ2n) is 3.77. The lowest BCUT2D eigenvalue weighted by Crippen LogP contribution is -1.97. The van der Waals surface area contributed by atoms with Crippen molar-refractivity contribution in [1.29, 1.82) is 0 Å². The lowest BCUT2D eigenvalue weighted by Gasteiger charge is -2.08. The lowest BCUT2D eigenvalue weighted by atomic mass is 10.1. The van der Waals surface area contributed by atoms with Gasteiger partial charge in [0.1, 0.15) is 0 Å². The molecule has 0 fully saturated rings. The largest absolute Gasteiger partial charge is 0.204 e. The summed E-state index contributed by atoms with van der Waals surface area (Å²) >= 11 is 13.2. The standard InChI is InChI=1S/C12H7Cl2F3S/c1-5-2-9(18-12(5)14)10(13)6-3-7(15)11(17)8(16)4-6/h2-4,10H,1H3. The van der Waals surface area contributed by atoms with Crippen LogP contribution in [0.5, 0.6) is 0 Å². The summed E-state index contributed by atoms with van der Waals surface area (Å²) in [5, 5.41) is -0.759. The summed E-state index contributed by atoms with van der Waals surface area (Å²) in [6, 6.07) is 3.52. The Kier molecular flexibility index (Phi) is 3.90. The molecule has 1 heterocycles. The van der Waals surface area contributed by atoms with Crippen LogP contribution in [0.15, 0.2) is 18.2 Å². The van der Waals surface area contributed by atoms with Crippen molar-refractivity contribution < 1.29 is 13.2 Å². The van der Waals surface area contributed by atoms with E-state index >= 15 is 0 Å². The fraction of sp³-hybridized carbons (Fsp3) is 0.167. The van der Waals surface area contributed by atoms with E-state index in [-0.39, 0.29) is 5.56 Å². The number of benzene rings is 1. The highest BCUT2D eigenvalue weighted by atomic mass is 35.5. The molecule has 0 saturated heterocycles. The highest BCUT2D eigenvalue weighted by Gasteiger charge is 2.19. The monoisotopic (exact) mass is 310 g/mol. The van der Waals surface area contributed by atoms with Crippen molar-refractivity contribution in [3.63, 3.8) is 0 Å². The molecule has 96 valence electrons. The molecule has 0 amide bonds. The van der Waals surface area contributed by atoms with Crippen LogP contribution in [0.3, 0.4) is 0 Å². The summed E-state index contributed by atoms with van der Waals surface area (Å²) in [5.41, 5.74) is 0.997. The second kappa shape index (κ2) is 5.11. The van der Waals surface area contributed by atoms with Gasteiger partial charge in [-0.25, -0.2) is 13.2 Å². The van der Waals surface area contributed by atoms with Gasteiger partial charge in [0.05, 0.1) is 9.71 Å². The Bertz CT molecular complexity index is 552. The van der Waals surface area contributed by atoms with Gasteiger partial charge in [-0.1, -0.05) is 11.6 Å². The fourth-order valence-corrected chi connectivity index (χ4v) is 3.04. The average molecular weight is 311 g/mol. The minimum Gasteiger partial charge on any atom is -0.204 e. The minimum absolute atomic E-state index is 0.158. The highest BCUT2D eigenvalue weighted by molar-refractivity contribution is 7.16. The van der Waals surface area contributed by atoms with E-state index in [1.807, 2.05) is 0 Å². The quantitative estimate of drug-likeness (QED) is 0.510. The van der Waals surface area contributed by atoms with Gasteiger partial charge in [0.2, 0.25) is 0 Å². The molecule has 2 aromatic rings. The molecular weight excluding hydrogens is 304 g/mol. The SMILES string of the molecule is Cc1cc(C(Cl)c2cc(F)c(F)c(F)c2)sc1Cl. The predicted molar refractivity (Wildman–Crippen MR) is 68.1 cm³/mol. The molecule has 0 aliphatic heterocycles. The van der Waals surface area contributed by atoms with Crippen molar-refractivity contribution in [2.75, 3.05) is 0 Å². The van der Waals surface area contributed by atoms with E-state index in [0.717, 1.165) is 17.7 Å². The van der Waals surface area contributed by atoms with E-state index in [4.69, 9.17) is 23.2 Å². The van der Waals surface area contributed by atoms with Gasteiger partial charge in [-0.15, -0.1) is 22.9 Å². The van der Waals surface area contributed by atoms with E-state index < -0.39 is 22.8 Å². The number of halogens is 5. The van der Waals surface area contributed by atoms with E-state index in [1.165, 1.54) is 11.3 Å². The first-order chi connectivity index (χ1) is 8.40. The zero-order chi connectivity index (χ0) is 13.4. The van der Waals surface area contributed by atoms with Crippen LogP contribution in [0.1, 0.15) is 21.4 Å². The number of hydrogen-bond donors (Lipinski definition) is 0. The molecule has 0 N–H and O–H groups in total. The summed E-state index contributed by atoms with van der Waals surface area (Å²) < 4.78 is 39.6. The molecule has 1 aromatic carbocycles. The van der Waals surface area contributed by atoms with Crippen LogP contribution < -0.4 is 0 Å². The zero-order valence-corrected chi connectivity index (χ0v) is 11.4. The molecule has 0 nitrogen and oxygen atoms in total. The zero-order valence-electron chi connectivity index (χ0n) is 9.11. The summed E-state index contributed by atoms with van der Waals surface area (Å²) in [5.74, 6) is -4.01. The number of aryl methyl sites for hydroxylation is 1. The normalized spacial score (nSPS) is 12.8. The number of thiophene rings is 1. The third-order valence-corrected chi connectivity index (χ3v) is 4.66. The van der Waals surface area contributed by atoms with Gasteiger partial charge in [0.15, 0.2) is 17.5 Å². The van der Waals surface area contributed by atoms with Crippen LogP contribution >= 0.6 is 34.5 Å². The van der Waals surface area contributed by atoms with Crippen molar-refractivity contribution in [2.45, 2.75) is 12.3 Å². The molecule has 1 aromatic heterocycles. The molecule has 2 rings (SSSR count). The first-order valence-corrected chi connectivity index (χ1v) is 6.57. The highest BCUT2D eigenvalue weighted by Crippen LogP contribution is 2.38. The first kappa shape index (κ1) is 13.7. The molecule has 0 aliphatic carbocycles. The second-order valence-corrected chi connectivity index (χ2v) is 5.89. The Morgan fingerprint density at radius 3 is 2.11 bits per heavy atom. The summed E-state index contributed by atoms with van der Waals surface area (Å²) in [6.07, 6.45) is 0. The van der Waals surface area contributed by atoms with Gasteiger partial charge in [0.25, 0.3) is 0 Å². The minimum atomic E-state index is -1.50. The molecule has 6 heteroatoms. The molecule has 0 spiro atoms. The van der Waals surface area contributed by atoms with Crippen LogP contribution in [0, 0.1) is 24.4 Å². The Hall–Kier alpha value is -0.710. The summed E-state index contributed by atoms with van der Waals surface area (Å²) in [6.45, 7) is 1.80. The van der Waals surface area contributed by atoms with E-state index in [0.29, 0.717) is 9.21 Å². The van der Waals surface area contributed by atoms with Crippen LogP contribution in [-0.4, -0.2) is 0 Å². The van der Waals surface area contributed by atoms with Crippen LogP contribution in [0.2, 0.25) is 4.34 Å². The average Bonchev–Trinajstić information content (AvgIpc) is 2.65. The third kappa shape index (κ3) is 2.51. The third-order valence-electron chi connectivity index (χ3n) is 2.42. The Balaban J connectivity index is 2.42. The smallest absolute Gasteiger partial charge is 0.194 e. The predicted octanol–water partition coefficient (Wildman–Crippen LogP) is 5.46. The van der Waals surface area contributed by atoms with Crippen LogP contribution in [0.25, 0.3) is 0 Å². The molecular formula is C12H7Cl2F3S. The van der Waals surface area contributed by atoms with Gasteiger partial charge in [-0.3, -0.25) is 0 Å². The topological polar surface area (TPSA) is 0 Å². The van der Waals surface area contributed by atoms with Gasteiger partial charge in [-0.2, -0.15) is 0 Å². The van der Waals surface area contributed by atoms with Crippen molar-refractivity contribution in [1.82, 2.24) is 0 Å². The van der Waals surface area contributed by atoms with Crippen molar-refractivity contribution in [3.8, 4) is 0 Å². The molecule has 0 aliphatic rings. The molecule has 1 atom stereocenters. The Labute approximate surface area is 116 Å². The van der Waals surface area contributed by atoms with E-state index in [2.05, 4.69) is 0 Å².